The van der Waals surface area contributed by atoms with E-state index in [2.05, 4.69) is 47.1 Å². The first-order valence-electron chi connectivity index (χ1n) is 7.07. The molecule has 1 N–H and O–H groups in total. The van der Waals surface area contributed by atoms with Crippen LogP contribution in [0.1, 0.15) is 51.4 Å². The molecular formula is C14H26BrN3. The fourth-order valence-electron chi connectivity index (χ4n) is 2.25. The summed E-state index contributed by atoms with van der Waals surface area (Å²) in [5.74, 6) is 0. The molecule has 1 aromatic rings. The van der Waals surface area contributed by atoms with E-state index in [-0.39, 0.29) is 0 Å². The van der Waals surface area contributed by atoms with Crippen molar-refractivity contribution in [3.8, 4) is 0 Å². The molecule has 18 heavy (non-hydrogen) atoms. The Morgan fingerprint density at radius 1 is 1.28 bits per heavy atom. The second-order valence-electron chi connectivity index (χ2n) is 4.83. The van der Waals surface area contributed by atoms with Gasteiger partial charge in [-0.3, -0.25) is 4.68 Å². The van der Waals surface area contributed by atoms with Gasteiger partial charge in [0.15, 0.2) is 0 Å². The van der Waals surface area contributed by atoms with Crippen LogP contribution in [0.2, 0.25) is 0 Å². The van der Waals surface area contributed by atoms with Crippen LogP contribution in [0, 0.1) is 0 Å². The summed E-state index contributed by atoms with van der Waals surface area (Å²) in [7, 11) is 2.04. The van der Waals surface area contributed by atoms with Crippen molar-refractivity contribution in [3.05, 3.63) is 15.9 Å². The normalized spacial score (nSPS) is 12.9. The maximum atomic E-state index is 4.56. The first kappa shape index (κ1) is 15.7. The minimum atomic E-state index is 0.561. The van der Waals surface area contributed by atoms with E-state index in [9.17, 15) is 0 Å². The van der Waals surface area contributed by atoms with Crippen LogP contribution in [-0.2, 0) is 19.9 Å². The van der Waals surface area contributed by atoms with Gasteiger partial charge in [0.05, 0.1) is 15.9 Å². The maximum Gasteiger partial charge on any atom is 0.0766 e. The molecule has 0 aliphatic heterocycles. The average molecular weight is 316 g/mol. The van der Waals surface area contributed by atoms with Gasteiger partial charge in [-0.25, -0.2) is 0 Å². The number of hydrogen-bond acceptors (Lipinski definition) is 2. The van der Waals surface area contributed by atoms with Crippen molar-refractivity contribution in [3.63, 3.8) is 0 Å². The standard InChI is InChI=1S/C14H26BrN3/c1-5-8-11(16-9-6-2)10-13-14(15)12(7-3)17-18(13)4/h11,16H,5-10H2,1-4H3. The minimum Gasteiger partial charge on any atom is -0.314 e. The Morgan fingerprint density at radius 3 is 2.50 bits per heavy atom. The predicted molar refractivity (Wildman–Crippen MR) is 81.0 cm³/mol. The van der Waals surface area contributed by atoms with Crippen molar-refractivity contribution in [1.82, 2.24) is 15.1 Å². The Kier molecular flexibility index (Phi) is 6.94. The Labute approximate surface area is 119 Å². The van der Waals surface area contributed by atoms with Crippen LogP contribution < -0.4 is 5.32 Å². The van der Waals surface area contributed by atoms with Crippen molar-refractivity contribution in [2.45, 2.75) is 58.9 Å². The number of rotatable bonds is 8. The molecular weight excluding hydrogens is 290 g/mol. The summed E-state index contributed by atoms with van der Waals surface area (Å²) in [6.07, 6.45) is 5.66. The highest BCUT2D eigenvalue weighted by atomic mass is 79.9. The fraction of sp³-hybridized carbons (Fsp3) is 0.786. The summed E-state index contributed by atoms with van der Waals surface area (Å²) < 4.78 is 3.23. The Morgan fingerprint density at radius 2 is 2.00 bits per heavy atom. The van der Waals surface area contributed by atoms with Crippen LogP contribution >= 0.6 is 15.9 Å². The quantitative estimate of drug-likeness (QED) is 0.796. The fourth-order valence-corrected chi connectivity index (χ4v) is 3.03. The predicted octanol–water partition coefficient (Wildman–Crippen LogP) is 3.46. The van der Waals surface area contributed by atoms with Gasteiger partial charge in [0.1, 0.15) is 0 Å². The summed E-state index contributed by atoms with van der Waals surface area (Å²) in [6, 6.07) is 0.561. The molecule has 0 spiro atoms. The highest BCUT2D eigenvalue weighted by Crippen LogP contribution is 2.23. The maximum absolute atomic E-state index is 4.56. The Bertz CT molecular complexity index is 360. The van der Waals surface area contributed by atoms with Crippen LogP contribution in [0.4, 0.5) is 0 Å². The molecule has 1 heterocycles. The molecule has 1 aromatic heterocycles. The first-order valence-corrected chi connectivity index (χ1v) is 7.86. The largest absolute Gasteiger partial charge is 0.314 e. The molecule has 0 saturated heterocycles. The zero-order valence-corrected chi connectivity index (χ0v) is 13.7. The van der Waals surface area contributed by atoms with Gasteiger partial charge < -0.3 is 5.32 Å². The van der Waals surface area contributed by atoms with E-state index in [1.807, 2.05) is 11.7 Å². The second-order valence-corrected chi connectivity index (χ2v) is 5.62. The van der Waals surface area contributed by atoms with E-state index in [0.717, 1.165) is 19.4 Å². The highest BCUT2D eigenvalue weighted by Gasteiger charge is 2.16. The van der Waals surface area contributed by atoms with E-state index >= 15 is 0 Å². The summed E-state index contributed by atoms with van der Waals surface area (Å²) in [5, 5.41) is 8.20. The molecule has 104 valence electrons. The molecule has 0 saturated carbocycles. The van der Waals surface area contributed by atoms with Crippen molar-refractivity contribution in [2.75, 3.05) is 6.54 Å². The number of nitrogens with zero attached hydrogens (tertiary/aromatic N) is 2. The molecule has 1 rings (SSSR count). The lowest BCUT2D eigenvalue weighted by atomic mass is 10.1. The van der Waals surface area contributed by atoms with Gasteiger partial charge in [0.25, 0.3) is 0 Å². The molecule has 0 amide bonds. The summed E-state index contributed by atoms with van der Waals surface area (Å²) in [5.41, 5.74) is 2.48. The van der Waals surface area contributed by atoms with Gasteiger partial charge in [-0.05, 0) is 41.7 Å². The topological polar surface area (TPSA) is 29.9 Å². The molecule has 0 fully saturated rings. The third kappa shape index (κ3) is 4.09. The molecule has 1 atom stereocenters. The summed E-state index contributed by atoms with van der Waals surface area (Å²) in [4.78, 5) is 0. The number of nitrogens with one attached hydrogen (secondary N) is 1. The smallest absolute Gasteiger partial charge is 0.0766 e. The van der Waals surface area contributed by atoms with Crippen LogP contribution in [0.5, 0.6) is 0 Å². The van der Waals surface area contributed by atoms with Crippen molar-refractivity contribution < 1.29 is 0 Å². The van der Waals surface area contributed by atoms with E-state index in [1.54, 1.807) is 0 Å². The van der Waals surface area contributed by atoms with E-state index in [1.165, 1.54) is 35.1 Å². The third-order valence-electron chi connectivity index (χ3n) is 3.26. The molecule has 1 unspecified atom stereocenters. The molecule has 3 nitrogen and oxygen atoms in total. The molecule has 0 bridgehead atoms. The van der Waals surface area contributed by atoms with Gasteiger partial charge in [0.2, 0.25) is 0 Å². The van der Waals surface area contributed by atoms with Crippen LogP contribution in [-0.4, -0.2) is 22.4 Å². The van der Waals surface area contributed by atoms with Crippen molar-refractivity contribution in [2.24, 2.45) is 7.05 Å². The first-order chi connectivity index (χ1) is 8.63. The Balaban J connectivity index is 2.76. The average Bonchev–Trinajstić information content (AvgIpc) is 2.63. The zero-order chi connectivity index (χ0) is 13.5. The summed E-state index contributed by atoms with van der Waals surface area (Å²) in [6.45, 7) is 7.71. The lowest BCUT2D eigenvalue weighted by molar-refractivity contribution is 0.461. The van der Waals surface area contributed by atoms with Gasteiger partial charge in [-0.15, -0.1) is 0 Å². The van der Waals surface area contributed by atoms with E-state index in [0.29, 0.717) is 6.04 Å². The van der Waals surface area contributed by atoms with Crippen LogP contribution in [0.15, 0.2) is 4.47 Å². The number of halogens is 1. The lowest BCUT2D eigenvalue weighted by Gasteiger charge is -2.18. The highest BCUT2D eigenvalue weighted by molar-refractivity contribution is 9.10. The molecule has 4 heteroatoms. The van der Waals surface area contributed by atoms with Crippen LogP contribution in [0.25, 0.3) is 0 Å². The minimum absolute atomic E-state index is 0.561. The van der Waals surface area contributed by atoms with Gasteiger partial charge in [-0.2, -0.15) is 5.10 Å². The van der Waals surface area contributed by atoms with E-state index in [4.69, 9.17) is 0 Å². The van der Waals surface area contributed by atoms with Gasteiger partial charge >= 0.3 is 0 Å². The summed E-state index contributed by atoms with van der Waals surface area (Å²) >= 11 is 3.70. The lowest BCUT2D eigenvalue weighted by Crippen LogP contribution is -2.32. The molecule has 0 radical (unpaired) electrons. The van der Waals surface area contributed by atoms with Crippen molar-refractivity contribution >= 4 is 15.9 Å². The number of aryl methyl sites for hydroxylation is 2. The number of aromatic nitrogens is 2. The molecule has 0 aromatic carbocycles. The van der Waals surface area contributed by atoms with Crippen LogP contribution in [0.3, 0.4) is 0 Å². The van der Waals surface area contributed by atoms with Gasteiger partial charge in [-0.1, -0.05) is 27.2 Å². The zero-order valence-electron chi connectivity index (χ0n) is 12.1. The Hall–Kier alpha value is -0.350. The SMILES string of the molecule is CCCNC(CCC)Cc1c(Br)c(CC)nn1C. The molecule has 0 aliphatic rings. The number of hydrogen-bond donors (Lipinski definition) is 1. The van der Waals surface area contributed by atoms with Gasteiger partial charge in [0, 0.05) is 19.5 Å². The van der Waals surface area contributed by atoms with Crippen molar-refractivity contribution in [1.29, 1.82) is 0 Å². The second kappa shape index (κ2) is 7.95. The molecule has 0 aliphatic carbocycles. The third-order valence-corrected chi connectivity index (χ3v) is 4.18. The monoisotopic (exact) mass is 315 g/mol. The van der Waals surface area contributed by atoms with E-state index < -0.39 is 0 Å².